The number of nitrogens with two attached hydrogens (primary N) is 1. The van der Waals surface area contributed by atoms with E-state index in [0.29, 0.717) is 5.41 Å². The van der Waals surface area contributed by atoms with Gasteiger partial charge >= 0.3 is 0 Å². The van der Waals surface area contributed by atoms with Crippen molar-refractivity contribution < 1.29 is 4.74 Å². The van der Waals surface area contributed by atoms with Crippen molar-refractivity contribution in [2.24, 2.45) is 11.1 Å². The fraction of sp³-hybridized carbons (Fsp3) is 0.571. The minimum Gasteiger partial charge on any atom is -0.496 e. The van der Waals surface area contributed by atoms with E-state index in [1.54, 1.807) is 7.11 Å². The normalized spacial score (nSPS) is 19.2. The van der Waals surface area contributed by atoms with Crippen molar-refractivity contribution in [1.82, 2.24) is 0 Å². The molecular formula is C14H21NO. The van der Waals surface area contributed by atoms with Gasteiger partial charge in [0.1, 0.15) is 5.75 Å². The highest BCUT2D eigenvalue weighted by Crippen LogP contribution is 2.48. The molecule has 16 heavy (non-hydrogen) atoms. The van der Waals surface area contributed by atoms with Crippen molar-refractivity contribution in [3.8, 4) is 5.75 Å². The molecule has 1 saturated carbocycles. The summed E-state index contributed by atoms with van der Waals surface area (Å²) in [7, 11) is 1.72. The Bertz CT molecular complexity index is 382. The highest BCUT2D eigenvalue weighted by Gasteiger charge is 2.42. The minimum atomic E-state index is 0.253. The first kappa shape index (κ1) is 11.5. The van der Waals surface area contributed by atoms with Crippen molar-refractivity contribution in [2.75, 3.05) is 7.11 Å². The Morgan fingerprint density at radius 2 is 2.12 bits per heavy atom. The van der Waals surface area contributed by atoms with E-state index in [4.69, 9.17) is 10.5 Å². The standard InChI is InChI=1S/C14H21NO/c1-10-4-5-12(16-3)11(8-10)9-13(15)14(2)6-7-14/h4-5,8,13H,6-7,9,15H2,1-3H3. The summed E-state index contributed by atoms with van der Waals surface area (Å²) in [5, 5.41) is 0. The van der Waals surface area contributed by atoms with Gasteiger partial charge in [-0.25, -0.2) is 0 Å². The number of methoxy groups -OCH3 is 1. The first-order chi connectivity index (χ1) is 7.55. The summed E-state index contributed by atoms with van der Waals surface area (Å²) < 4.78 is 5.38. The Labute approximate surface area is 97.8 Å². The molecule has 1 aliphatic carbocycles. The fourth-order valence-corrected chi connectivity index (χ4v) is 2.12. The van der Waals surface area contributed by atoms with Crippen LogP contribution in [0.15, 0.2) is 18.2 Å². The Balaban J connectivity index is 2.16. The maximum Gasteiger partial charge on any atom is 0.122 e. The third kappa shape index (κ3) is 2.22. The number of hydrogen-bond acceptors (Lipinski definition) is 2. The molecule has 1 fully saturated rings. The second kappa shape index (κ2) is 4.10. The molecule has 2 rings (SSSR count). The van der Waals surface area contributed by atoms with E-state index in [1.807, 2.05) is 6.07 Å². The summed E-state index contributed by atoms with van der Waals surface area (Å²) in [6.07, 6.45) is 3.45. The lowest BCUT2D eigenvalue weighted by Gasteiger charge is -2.20. The van der Waals surface area contributed by atoms with Crippen molar-refractivity contribution in [1.29, 1.82) is 0 Å². The molecule has 0 aromatic heterocycles. The Kier molecular flexibility index (Phi) is 2.94. The van der Waals surface area contributed by atoms with Gasteiger partial charge in [0.2, 0.25) is 0 Å². The van der Waals surface area contributed by atoms with E-state index < -0.39 is 0 Å². The molecule has 2 heteroatoms. The van der Waals surface area contributed by atoms with Crippen molar-refractivity contribution in [3.63, 3.8) is 0 Å². The predicted molar refractivity (Wildman–Crippen MR) is 66.8 cm³/mol. The molecule has 1 aliphatic rings. The zero-order valence-corrected chi connectivity index (χ0v) is 10.4. The number of aryl methyl sites for hydroxylation is 1. The first-order valence-corrected chi connectivity index (χ1v) is 5.94. The molecule has 0 heterocycles. The molecule has 0 amide bonds. The van der Waals surface area contributed by atoms with Crippen LogP contribution >= 0.6 is 0 Å². The first-order valence-electron chi connectivity index (χ1n) is 5.94. The highest BCUT2D eigenvalue weighted by molar-refractivity contribution is 5.37. The van der Waals surface area contributed by atoms with E-state index in [2.05, 4.69) is 26.0 Å². The van der Waals surface area contributed by atoms with Gasteiger partial charge in [-0.05, 0) is 43.2 Å². The average Bonchev–Trinajstić information content (AvgIpc) is 2.98. The molecule has 0 radical (unpaired) electrons. The molecule has 1 unspecified atom stereocenters. The van der Waals surface area contributed by atoms with Crippen LogP contribution < -0.4 is 10.5 Å². The number of hydrogen-bond donors (Lipinski definition) is 1. The van der Waals surface area contributed by atoms with Crippen LogP contribution in [0.1, 0.15) is 30.9 Å². The zero-order valence-electron chi connectivity index (χ0n) is 10.4. The Hall–Kier alpha value is -1.02. The van der Waals surface area contributed by atoms with Crippen molar-refractivity contribution in [3.05, 3.63) is 29.3 Å². The van der Waals surface area contributed by atoms with Crippen LogP contribution in [0.2, 0.25) is 0 Å². The SMILES string of the molecule is COc1ccc(C)cc1CC(N)C1(C)CC1. The molecular weight excluding hydrogens is 198 g/mol. The van der Waals surface area contributed by atoms with Crippen LogP contribution in [-0.2, 0) is 6.42 Å². The summed E-state index contributed by atoms with van der Waals surface area (Å²) in [5.74, 6) is 0.963. The lowest BCUT2D eigenvalue weighted by Crippen LogP contribution is -2.32. The molecule has 1 aromatic carbocycles. The third-order valence-electron chi connectivity index (χ3n) is 3.81. The van der Waals surface area contributed by atoms with E-state index >= 15 is 0 Å². The lowest BCUT2D eigenvalue weighted by molar-refractivity contribution is 0.394. The summed E-state index contributed by atoms with van der Waals surface area (Å²) in [4.78, 5) is 0. The fourth-order valence-electron chi connectivity index (χ4n) is 2.12. The van der Waals surface area contributed by atoms with Gasteiger partial charge in [-0.3, -0.25) is 0 Å². The molecule has 2 N–H and O–H groups in total. The van der Waals surface area contributed by atoms with Gasteiger partial charge in [0.05, 0.1) is 7.11 Å². The summed E-state index contributed by atoms with van der Waals surface area (Å²) in [5.41, 5.74) is 9.14. The summed E-state index contributed by atoms with van der Waals surface area (Å²) >= 11 is 0. The van der Waals surface area contributed by atoms with Crippen molar-refractivity contribution in [2.45, 2.75) is 39.2 Å². The number of benzene rings is 1. The molecule has 0 spiro atoms. The zero-order chi connectivity index (χ0) is 11.8. The van der Waals surface area contributed by atoms with E-state index in [1.165, 1.54) is 24.0 Å². The quantitative estimate of drug-likeness (QED) is 0.845. The van der Waals surface area contributed by atoms with Crippen LogP contribution in [0, 0.1) is 12.3 Å². The smallest absolute Gasteiger partial charge is 0.122 e. The molecule has 1 atom stereocenters. The molecule has 88 valence electrons. The topological polar surface area (TPSA) is 35.2 Å². The Morgan fingerprint density at radius 3 is 2.69 bits per heavy atom. The highest BCUT2D eigenvalue weighted by atomic mass is 16.5. The maximum atomic E-state index is 6.26. The van der Waals surface area contributed by atoms with Gasteiger partial charge < -0.3 is 10.5 Å². The van der Waals surface area contributed by atoms with Gasteiger partial charge in [-0.2, -0.15) is 0 Å². The van der Waals surface area contributed by atoms with Gasteiger partial charge in [-0.1, -0.05) is 24.6 Å². The molecule has 0 bridgehead atoms. The molecule has 2 nitrogen and oxygen atoms in total. The van der Waals surface area contributed by atoms with E-state index in [9.17, 15) is 0 Å². The maximum absolute atomic E-state index is 6.26. The summed E-state index contributed by atoms with van der Waals surface area (Å²) in [6, 6.07) is 6.55. The summed E-state index contributed by atoms with van der Waals surface area (Å²) in [6.45, 7) is 4.38. The number of ether oxygens (including phenoxy) is 1. The Morgan fingerprint density at radius 1 is 1.44 bits per heavy atom. The molecule has 0 saturated heterocycles. The van der Waals surface area contributed by atoms with Gasteiger partial charge in [-0.15, -0.1) is 0 Å². The average molecular weight is 219 g/mol. The molecule has 1 aromatic rings. The van der Waals surface area contributed by atoms with E-state index in [-0.39, 0.29) is 6.04 Å². The monoisotopic (exact) mass is 219 g/mol. The second-order valence-corrected chi connectivity index (χ2v) is 5.28. The van der Waals surface area contributed by atoms with Crippen LogP contribution in [0.4, 0.5) is 0 Å². The van der Waals surface area contributed by atoms with Gasteiger partial charge in [0.15, 0.2) is 0 Å². The van der Waals surface area contributed by atoms with Crippen molar-refractivity contribution >= 4 is 0 Å². The van der Waals surface area contributed by atoms with Gasteiger partial charge in [0, 0.05) is 6.04 Å². The second-order valence-electron chi connectivity index (χ2n) is 5.28. The van der Waals surface area contributed by atoms with Gasteiger partial charge in [0.25, 0.3) is 0 Å². The third-order valence-corrected chi connectivity index (χ3v) is 3.81. The minimum absolute atomic E-state index is 0.253. The van der Waals surface area contributed by atoms with Crippen LogP contribution in [0.5, 0.6) is 5.75 Å². The van der Waals surface area contributed by atoms with E-state index in [0.717, 1.165) is 12.2 Å². The largest absolute Gasteiger partial charge is 0.496 e. The van der Waals surface area contributed by atoms with Crippen LogP contribution in [-0.4, -0.2) is 13.2 Å². The molecule has 0 aliphatic heterocycles. The number of rotatable bonds is 4. The lowest BCUT2D eigenvalue weighted by atomic mass is 9.92. The van der Waals surface area contributed by atoms with Crippen LogP contribution in [0.25, 0.3) is 0 Å². The van der Waals surface area contributed by atoms with Crippen LogP contribution in [0.3, 0.4) is 0 Å². The predicted octanol–water partition coefficient (Wildman–Crippen LogP) is 2.67.